The molecule has 2 heterocycles. The quantitative estimate of drug-likeness (QED) is 0.747. The Morgan fingerprint density at radius 2 is 2.05 bits per heavy atom. The number of rotatable bonds is 1. The number of aryl methyl sites for hydroxylation is 2. The van der Waals surface area contributed by atoms with Gasteiger partial charge in [-0.15, -0.1) is 0 Å². The lowest BCUT2D eigenvalue weighted by atomic mass is 9.86. The highest BCUT2D eigenvalue weighted by Crippen LogP contribution is 2.36. The van der Waals surface area contributed by atoms with Gasteiger partial charge in [-0.2, -0.15) is 0 Å². The molecule has 1 aliphatic rings. The molecule has 20 heavy (non-hydrogen) atoms. The van der Waals surface area contributed by atoms with Crippen molar-refractivity contribution in [3.05, 3.63) is 34.5 Å². The monoisotopic (exact) mass is 272 g/mol. The van der Waals surface area contributed by atoms with Crippen LogP contribution in [0, 0.1) is 13.8 Å². The molecule has 1 aromatic carbocycles. The van der Waals surface area contributed by atoms with Crippen LogP contribution in [-0.2, 0) is 16.8 Å². The van der Waals surface area contributed by atoms with Crippen LogP contribution in [0.15, 0.2) is 12.1 Å². The summed E-state index contributed by atoms with van der Waals surface area (Å²) in [5, 5.41) is 13.7. The van der Waals surface area contributed by atoms with E-state index in [0.717, 1.165) is 16.8 Å². The molecular formula is C16H20N2O2. The predicted octanol–water partition coefficient (Wildman–Crippen LogP) is 2.62. The van der Waals surface area contributed by atoms with Crippen LogP contribution >= 0.6 is 0 Å². The third-order valence-corrected chi connectivity index (χ3v) is 4.21. The Morgan fingerprint density at radius 3 is 2.70 bits per heavy atom. The average Bonchev–Trinajstić information content (AvgIpc) is 2.67. The lowest BCUT2D eigenvalue weighted by Crippen LogP contribution is -2.52. The number of aliphatic carboxylic acids is 1. The summed E-state index contributed by atoms with van der Waals surface area (Å²) in [6.45, 7) is 8.22. The third kappa shape index (κ3) is 1.83. The van der Waals surface area contributed by atoms with Crippen LogP contribution < -0.4 is 5.32 Å². The Morgan fingerprint density at radius 1 is 1.35 bits per heavy atom. The number of aromatic amines is 1. The Bertz CT molecular complexity index is 713. The van der Waals surface area contributed by atoms with E-state index < -0.39 is 12.0 Å². The van der Waals surface area contributed by atoms with Gasteiger partial charge in [0.25, 0.3) is 0 Å². The van der Waals surface area contributed by atoms with Gasteiger partial charge in [-0.25, -0.2) is 0 Å². The molecule has 0 saturated carbocycles. The van der Waals surface area contributed by atoms with Crippen molar-refractivity contribution in [2.45, 2.75) is 45.7 Å². The normalized spacial score (nSPS) is 20.9. The van der Waals surface area contributed by atoms with Crippen LogP contribution in [0.5, 0.6) is 0 Å². The third-order valence-electron chi connectivity index (χ3n) is 4.21. The Balaban J connectivity index is 2.29. The van der Waals surface area contributed by atoms with Gasteiger partial charge in [0.2, 0.25) is 0 Å². The van der Waals surface area contributed by atoms with E-state index in [1.54, 1.807) is 0 Å². The van der Waals surface area contributed by atoms with E-state index in [9.17, 15) is 9.90 Å². The summed E-state index contributed by atoms with van der Waals surface area (Å²) in [5.41, 5.74) is 5.42. The van der Waals surface area contributed by atoms with Gasteiger partial charge in [0.1, 0.15) is 6.04 Å². The first-order valence-electron chi connectivity index (χ1n) is 6.92. The van der Waals surface area contributed by atoms with Crippen molar-refractivity contribution in [2.75, 3.05) is 0 Å². The van der Waals surface area contributed by atoms with Gasteiger partial charge in [0.15, 0.2) is 0 Å². The first-order valence-corrected chi connectivity index (χ1v) is 6.92. The topological polar surface area (TPSA) is 65.1 Å². The van der Waals surface area contributed by atoms with Gasteiger partial charge in [-0.3, -0.25) is 10.1 Å². The number of H-pyrrole nitrogens is 1. The standard InChI is InChI=1S/C16H20N2O2/c1-8-5-9(2)13-10-7-12(15(19)20)18-16(3,4)14(10)17-11(13)6-8/h5-6,12,17-18H,7H2,1-4H3,(H,19,20). The molecule has 0 bridgehead atoms. The summed E-state index contributed by atoms with van der Waals surface area (Å²) < 4.78 is 0. The van der Waals surface area contributed by atoms with Gasteiger partial charge in [0.05, 0.1) is 5.54 Å². The van der Waals surface area contributed by atoms with Crippen molar-refractivity contribution in [3.8, 4) is 0 Å². The molecule has 0 fully saturated rings. The van der Waals surface area contributed by atoms with Crippen molar-refractivity contribution in [1.29, 1.82) is 0 Å². The first-order chi connectivity index (χ1) is 9.29. The van der Waals surface area contributed by atoms with Crippen molar-refractivity contribution < 1.29 is 9.90 Å². The van der Waals surface area contributed by atoms with Gasteiger partial charge in [-0.05, 0) is 50.5 Å². The minimum atomic E-state index is -0.789. The van der Waals surface area contributed by atoms with E-state index in [4.69, 9.17) is 0 Å². The summed E-state index contributed by atoms with van der Waals surface area (Å²) >= 11 is 0. The van der Waals surface area contributed by atoms with E-state index in [0.29, 0.717) is 6.42 Å². The number of aromatic nitrogens is 1. The van der Waals surface area contributed by atoms with E-state index in [-0.39, 0.29) is 5.54 Å². The molecule has 0 spiro atoms. The van der Waals surface area contributed by atoms with E-state index in [1.807, 2.05) is 13.8 Å². The molecule has 4 heteroatoms. The zero-order valence-corrected chi connectivity index (χ0v) is 12.3. The van der Waals surface area contributed by atoms with Gasteiger partial charge >= 0.3 is 5.97 Å². The van der Waals surface area contributed by atoms with E-state index >= 15 is 0 Å². The largest absolute Gasteiger partial charge is 0.480 e. The number of benzene rings is 1. The average molecular weight is 272 g/mol. The van der Waals surface area contributed by atoms with E-state index in [2.05, 4.69) is 36.3 Å². The molecule has 0 aliphatic carbocycles. The van der Waals surface area contributed by atoms with Gasteiger partial charge in [-0.1, -0.05) is 6.07 Å². The minimum absolute atomic E-state index is 0.365. The van der Waals surface area contributed by atoms with Crippen LogP contribution in [0.3, 0.4) is 0 Å². The molecule has 0 saturated heterocycles. The van der Waals surface area contributed by atoms with Crippen LogP contribution in [0.4, 0.5) is 0 Å². The molecule has 1 unspecified atom stereocenters. The Kier molecular flexibility index (Phi) is 2.70. The molecule has 1 aliphatic heterocycles. The van der Waals surface area contributed by atoms with Gasteiger partial charge < -0.3 is 10.1 Å². The fourth-order valence-electron chi connectivity index (χ4n) is 3.45. The van der Waals surface area contributed by atoms with Crippen LogP contribution in [0.25, 0.3) is 10.9 Å². The van der Waals surface area contributed by atoms with Gasteiger partial charge in [0, 0.05) is 23.0 Å². The maximum atomic E-state index is 11.4. The molecule has 3 N–H and O–H groups in total. The van der Waals surface area contributed by atoms with E-state index in [1.165, 1.54) is 16.5 Å². The molecule has 3 rings (SSSR count). The van der Waals surface area contributed by atoms with Crippen LogP contribution in [0.1, 0.15) is 36.2 Å². The lowest BCUT2D eigenvalue weighted by molar-refractivity contribution is -0.140. The molecular weight excluding hydrogens is 252 g/mol. The van der Waals surface area contributed by atoms with Crippen molar-refractivity contribution in [1.82, 2.24) is 10.3 Å². The Hall–Kier alpha value is -1.81. The number of nitrogens with one attached hydrogen (secondary N) is 2. The fourth-order valence-corrected chi connectivity index (χ4v) is 3.45. The summed E-state index contributed by atoms with van der Waals surface area (Å²) in [4.78, 5) is 14.9. The molecule has 0 radical (unpaired) electrons. The first kappa shape index (κ1) is 13.2. The SMILES string of the molecule is Cc1cc(C)c2c3c([nH]c2c1)C(C)(C)NC(C(=O)O)C3. The van der Waals surface area contributed by atoms with Crippen molar-refractivity contribution in [2.24, 2.45) is 0 Å². The fraction of sp³-hybridized carbons (Fsp3) is 0.438. The zero-order chi connectivity index (χ0) is 14.7. The second-order valence-electron chi connectivity index (χ2n) is 6.35. The molecule has 1 atom stereocenters. The minimum Gasteiger partial charge on any atom is -0.480 e. The second-order valence-corrected chi connectivity index (χ2v) is 6.35. The highest BCUT2D eigenvalue weighted by Gasteiger charge is 2.38. The maximum Gasteiger partial charge on any atom is 0.321 e. The summed E-state index contributed by atoms with van der Waals surface area (Å²) in [5.74, 6) is -0.789. The highest BCUT2D eigenvalue weighted by atomic mass is 16.4. The number of fused-ring (bicyclic) bond motifs is 3. The predicted molar refractivity (Wildman–Crippen MR) is 79.1 cm³/mol. The second kappa shape index (κ2) is 4.09. The zero-order valence-electron chi connectivity index (χ0n) is 12.3. The molecule has 0 amide bonds. The number of carboxylic acid groups (broad SMARTS) is 1. The highest BCUT2D eigenvalue weighted by molar-refractivity contribution is 5.90. The number of carbonyl (C=O) groups is 1. The van der Waals surface area contributed by atoms with Crippen molar-refractivity contribution >= 4 is 16.9 Å². The number of hydrogen-bond donors (Lipinski definition) is 3. The molecule has 106 valence electrons. The molecule has 1 aromatic heterocycles. The number of hydrogen-bond acceptors (Lipinski definition) is 2. The molecule has 4 nitrogen and oxygen atoms in total. The summed E-state index contributed by atoms with van der Waals surface area (Å²) in [6, 6.07) is 3.76. The van der Waals surface area contributed by atoms with Crippen molar-refractivity contribution in [3.63, 3.8) is 0 Å². The Labute approximate surface area is 118 Å². The summed E-state index contributed by atoms with van der Waals surface area (Å²) in [6.07, 6.45) is 0.526. The lowest BCUT2D eigenvalue weighted by Gasteiger charge is -2.35. The maximum absolute atomic E-state index is 11.4. The smallest absolute Gasteiger partial charge is 0.321 e. The molecule has 2 aromatic rings. The summed E-state index contributed by atoms with van der Waals surface area (Å²) in [7, 11) is 0. The van der Waals surface area contributed by atoms with Crippen LogP contribution in [-0.4, -0.2) is 22.1 Å². The van der Waals surface area contributed by atoms with Crippen LogP contribution in [0.2, 0.25) is 0 Å². The number of carboxylic acids is 1.